The van der Waals surface area contributed by atoms with Crippen LogP contribution in [-0.4, -0.2) is 11.7 Å². The average Bonchev–Trinajstić information content (AvgIpc) is 3.88. The van der Waals surface area contributed by atoms with Crippen molar-refractivity contribution in [2.45, 2.75) is 6.17 Å². The third-order valence-electron chi connectivity index (χ3n) is 11.5. The van der Waals surface area contributed by atoms with Gasteiger partial charge in [-0.25, -0.2) is 9.98 Å². The molecule has 0 aliphatic carbocycles. The van der Waals surface area contributed by atoms with Crippen LogP contribution in [-0.2, 0) is 0 Å². The summed E-state index contributed by atoms with van der Waals surface area (Å²) >= 11 is 0. The maximum absolute atomic E-state index is 6.83. The van der Waals surface area contributed by atoms with Gasteiger partial charge in [-0.1, -0.05) is 158 Å². The number of furan rings is 2. The molecule has 1 aliphatic rings. The fourth-order valence-electron chi connectivity index (χ4n) is 8.76. The van der Waals surface area contributed by atoms with Gasteiger partial charge in [0, 0.05) is 38.2 Å². The molecule has 1 atom stereocenters. The molecule has 0 saturated carbocycles. The van der Waals surface area contributed by atoms with E-state index in [4.69, 9.17) is 18.8 Å². The predicted molar refractivity (Wildman–Crippen MR) is 239 cm³/mol. The molecule has 9 aromatic carbocycles. The van der Waals surface area contributed by atoms with Gasteiger partial charge in [0.25, 0.3) is 0 Å². The summed E-state index contributed by atoms with van der Waals surface area (Å²) in [4.78, 5) is 10.8. The third kappa shape index (κ3) is 5.17. The number of hydrogen-bond donors (Lipinski definition) is 1. The molecule has 0 bridgehead atoms. The Hall–Kier alpha value is -7.76. The lowest BCUT2D eigenvalue weighted by Crippen LogP contribution is -2.34. The largest absolute Gasteiger partial charge is 0.456 e. The zero-order valence-electron chi connectivity index (χ0n) is 31.2. The lowest BCUT2D eigenvalue weighted by Gasteiger charge is -2.25. The highest BCUT2D eigenvalue weighted by atomic mass is 16.3. The zero-order chi connectivity index (χ0) is 38.2. The summed E-state index contributed by atoms with van der Waals surface area (Å²) in [5.74, 6) is 1.36. The quantitative estimate of drug-likeness (QED) is 0.191. The van der Waals surface area contributed by atoms with Crippen molar-refractivity contribution in [3.63, 3.8) is 0 Å². The Morgan fingerprint density at radius 3 is 1.98 bits per heavy atom. The third-order valence-corrected chi connectivity index (χ3v) is 11.5. The van der Waals surface area contributed by atoms with Gasteiger partial charge in [-0.2, -0.15) is 0 Å². The number of fused-ring (bicyclic) bond motifs is 9. The number of aliphatic imine (C=N–C) groups is 2. The summed E-state index contributed by atoms with van der Waals surface area (Å²) in [6.45, 7) is 0. The van der Waals surface area contributed by atoms with Crippen LogP contribution in [0.2, 0.25) is 0 Å². The molecule has 5 heteroatoms. The van der Waals surface area contributed by atoms with Gasteiger partial charge >= 0.3 is 0 Å². The van der Waals surface area contributed by atoms with E-state index in [0.29, 0.717) is 11.7 Å². The highest BCUT2D eigenvalue weighted by Crippen LogP contribution is 2.43. The van der Waals surface area contributed by atoms with Crippen LogP contribution >= 0.6 is 0 Å². The van der Waals surface area contributed by atoms with Crippen LogP contribution in [0.15, 0.2) is 207 Å². The van der Waals surface area contributed by atoms with E-state index in [0.717, 1.165) is 88.2 Å². The van der Waals surface area contributed by atoms with Crippen LogP contribution < -0.4 is 5.32 Å². The second-order valence-corrected chi connectivity index (χ2v) is 14.9. The molecule has 1 unspecified atom stereocenters. The molecule has 1 aliphatic heterocycles. The Balaban J connectivity index is 1.11. The number of nitrogens with zero attached hydrogens (tertiary/aromatic N) is 2. The van der Waals surface area contributed by atoms with Gasteiger partial charge in [0.1, 0.15) is 34.3 Å². The molecule has 5 nitrogen and oxygen atoms in total. The Bertz CT molecular complexity index is 3480. The number of hydrogen-bond acceptors (Lipinski definition) is 5. The minimum absolute atomic E-state index is 0.421. The number of benzene rings is 9. The lowest BCUT2D eigenvalue weighted by atomic mass is 9.92. The van der Waals surface area contributed by atoms with Crippen LogP contribution in [0.5, 0.6) is 0 Å². The van der Waals surface area contributed by atoms with Gasteiger partial charge < -0.3 is 14.2 Å². The second kappa shape index (κ2) is 12.9. The molecule has 1 N–H and O–H groups in total. The molecule has 3 heterocycles. The predicted octanol–water partition coefficient (Wildman–Crippen LogP) is 13.6. The maximum Gasteiger partial charge on any atom is 0.159 e. The van der Waals surface area contributed by atoms with Crippen LogP contribution in [0.3, 0.4) is 0 Å². The first-order chi connectivity index (χ1) is 28.7. The number of rotatable bonds is 5. The fraction of sp³-hybridized carbons (Fsp3) is 0.0189. The molecule has 0 radical (unpaired) electrons. The van der Waals surface area contributed by atoms with Crippen molar-refractivity contribution in [1.29, 1.82) is 0 Å². The van der Waals surface area contributed by atoms with Crippen molar-refractivity contribution < 1.29 is 8.83 Å². The summed E-state index contributed by atoms with van der Waals surface area (Å²) in [5.41, 5.74) is 10.4. The van der Waals surface area contributed by atoms with Crippen LogP contribution in [0.1, 0.15) is 22.9 Å². The van der Waals surface area contributed by atoms with Gasteiger partial charge in [-0.15, -0.1) is 0 Å². The smallest absolute Gasteiger partial charge is 0.159 e. The minimum atomic E-state index is -0.421. The molecule has 58 heavy (non-hydrogen) atoms. The summed E-state index contributed by atoms with van der Waals surface area (Å²) in [6, 6.07) is 65.6. The van der Waals surface area contributed by atoms with Gasteiger partial charge in [-0.05, 0) is 74.1 Å². The van der Waals surface area contributed by atoms with E-state index in [1.165, 1.54) is 16.2 Å². The second-order valence-electron chi connectivity index (χ2n) is 14.9. The van der Waals surface area contributed by atoms with Crippen molar-refractivity contribution in [2.75, 3.05) is 0 Å². The van der Waals surface area contributed by atoms with Crippen molar-refractivity contribution in [3.8, 4) is 22.3 Å². The first-order valence-corrected chi connectivity index (χ1v) is 19.6. The lowest BCUT2D eigenvalue weighted by molar-refractivity contribution is 0.667. The Labute approximate surface area is 333 Å². The molecule has 0 fully saturated rings. The first-order valence-electron chi connectivity index (χ1n) is 19.6. The number of para-hydroxylation sites is 2. The highest BCUT2D eigenvalue weighted by Gasteiger charge is 2.28. The van der Waals surface area contributed by atoms with Crippen molar-refractivity contribution in [1.82, 2.24) is 5.32 Å². The summed E-state index contributed by atoms with van der Waals surface area (Å²) < 4.78 is 13.4. The summed E-state index contributed by atoms with van der Waals surface area (Å²) in [7, 11) is 0. The Morgan fingerprint density at radius 2 is 1.10 bits per heavy atom. The molecule has 2 aromatic heterocycles. The normalized spacial score (nSPS) is 14.4. The molecule has 11 aromatic rings. The molecule has 0 spiro atoms. The average molecular weight is 744 g/mol. The Kier molecular flexibility index (Phi) is 7.23. The SMILES string of the molecule is c1ccc(-c2ccc(C3=NC(c4ccc5ccccc5c4)NC(c4c(-c5cccc6c5oc5ccc7ccccc7c56)ccc5oc6ccccc6c45)=N3)cc2)cc1. The van der Waals surface area contributed by atoms with E-state index in [1.807, 2.05) is 18.2 Å². The van der Waals surface area contributed by atoms with Gasteiger partial charge in [0.2, 0.25) is 0 Å². The highest BCUT2D eigenvalue weighted by molar-refractivity contribution is 6.27. The minimum Gasteiger partial charge on any atom is -0.456 e. The van der Waals surface area contributed by atoms with E-state index in [2.05, 4.69) is 175 Å². The van der Waals surface area contributed by atoms with Crippen LogP contribution in [0.4, 0.5) is 0 Å². The van der Waals surface area contributed by atoms with E-state index >= 15 is 0 Å². The van der Waals surface area contributed by atoms with Gasteiger partial charge in [-0.3, -0.25) is 0 Å². The standard InChI is InChI=1S/C53H33N3O2/c1-2-11-32(12-3-1)34-21-24-36(25-22-34)51-54-52(38-26-23-33-13-4-5-15-37(33)31-38)56-53(55-51)49-40(28-30-46-48(49)42-17-8-9-20-44(42)57-46)41-18-10-19-43-47-39-16-7-6-14-35(39)27-29-45(47)58-50(41)43/h1-31,52H,(H,54,55,56). The van der Waals surface area contributed by atoms with E-state index < -0.39 is 6.17 Å². The molecule has 0 saturated heterocycles. The monoisotopic (exact) mass is 743 g/mol. The van der Waals surface area contributed by atoms with E-state index in [-0.39, 0.29) is 0 Å². The molecular weight excluding hydrogens is 711 g/mol. The van der Waals surface area contributed by atoms with Crippen molar-refractivity contribution >= 4 is 77.1 Å². The first kappa shape index (κ1) is 32.5. The zero-order valence-corrected chi connectivity index (χ0v) is 31.2. The van der Waals surface area contributed by atoms with E-state index in [9.17, 15) is 0 Å². The van der Waals surface area contributed by atoms with Gasteiger partial charge in [0.05, 0.1) is 0 Å². The number of amidine groups is 2. The van der Waals surface area contributed by atoms with Gasteiger partial charge in [0.15, 0.2) is 5.84 Å². The topological polar surface area (TPSA) is 63.0 Å². The molecule has 272 valence electrons. The Morgan fingerprint density at radius 1 is 0.431 bits per heavy atom. The van der Waals surface area contributed by atoms with Crippen molar-refractivity contribution in [3.05, 3.63) is 205 Å². The molecular formula is C53H33N3O2. The fourth-order valence-corrected chi connectivity index (χ4v) is 8.76. The molecule has 12 rings (SSSR count). The van der Waals surface area contributed by atoms with Crippen LogP contribution in [0, 0.1) is 0 Å². The summed E-state index contributed by atoms with van der Waals surface area (Å²) in [5, 5.41) is 12.7. The van der Waals surface area contributed by atoms with Crippen LogP contribution in [0.25, 0.3) is 87.7 Å². The van der Waals surface area contributed by atoms with E-state index in [1.54, 1.807) is 0 Å². The van der Waals surface area contributed by atoms with Crippen molar-refractivity contribution in [2.24, 2.45) is 9.98 Å². The molecule has 0 amide bonds. The number of nitrogens with one attached hydrogen (secondary N) is 1. The maximum atomic E-state index is 6.83. The summed E-state index contributed by atoms with van der Waals surface area (Å²) in [6.07, 6.45) is -0.421.